The van der Waals surface area contributed by atoms with Crippen molar-refractivity contribution in [2.24, 2.45) is 0 Å². The average Bonchev–Trinajstić information content (AvgIpc) is 2.05. The molecule has 1 aliphatic carbocycles. The Hall–Kier alpha value is -0.340. The minimum atomic E-state index is 0.311. The third-order valence-corrected chi connectivity index (χ3v) is 1.88. The first-order valence-corrected chi connectivity index (χ1v) is 3.60. The van der Waals surface area contributed by atoms with Crippen molar-refractivity contribution >= 4 is 0 Å². The lowest BCUT2D eigenvalue weighted by molar-refractivity contribution is 0.0799. The molecule has 0 saturated heterocycles. The number of rotatable bonds is 2. The lowest BCUT2D eigenvalue weighted by Crippen LogP contribution is -2.19. The van der Waals surface area contributed by atoms with E-state index in [2.05, 4.69) is 12.2 Å². The molecule has 10 heavy (non-hydrogen) atoms. The molecule has 1 rings (SSSR count). The second kappa shape index (κ2) is 3.74. The molecule has 58 valence electrons. The topological polar surface area (TPSA) is 18.5 Å². The van der Waals surface area contributed by atoms with Crippen LogP contribution in [0.2, 0.25) is 0 Å². The van der Waals surface area contributed by atoms with E-state index in [1.807, 2.05) is 0 Å². The molecule has 2 atom stereocenters. The van der Waals surface area contributed by atoms with Crippen molar-refractivity contribution < 1.29 is 9.47 Å². The van der Waals surface area contributed by atoms with Gasteiger partial charge >= 0.3 is 0 Å². The van der Waals surface area contributed by atoms with Crippen LogP contribution in [0.15, 0.2) is 12.2 Å². The fourth-order valence-corrected chi connectivity index (χ4v) is 1.16. The van der Waals surface area contributed by atoms with Gasteiger partial charge in [0.1, 0.15) is 0 Å². The molecular weight excluding hydrogens is 128 g/mol. The van der Waals surface area contributed by atoms with Gasteiger partial charge in [-0.05, 0) is 12.8 Å². The lowest BCUT2D eigenvalue weighted by atomic mass is 10.0. The van der Waals surface area contributed by atoms with E-state index in [0.29, 0.717) is 12.2 Å². The number of methoxy groups -OCH3 is 2. The molecule has 0 aliphatic heterocycles. The van der Waals surface area contributed by atoms with E-state index >= 15 is 0 Å². The molecule has 0 fully saturated rings. The molecule has 0 aromatic heterocycles. The van der Waals surface area contributed by atoms with E-state index in [1.165, 1.54) is 0 Å². The van der Waals surface area contributed by atoms with Gasteiger partial charge in [0.15, 0.2) is 0 Å². The van der Waals surface area contributed by atoms with Gasteiger partial charge in [-0.15, -0.1) is 0 Å². The van der Waals surface area contributed by atoms with Crippen molar-refractivity contribution in [1.29, 1.82) is 0 Å². The van der Waals surface area contributed by atoms with Crippen LogP contribution in [0.25, 0.3) is 0 Å². The highest BCUT2D eigenvalue weighted by atomic mass is 16.5. The summed E-state index contributed by atoms with van der Waals surface area (Å²) in [4.78, 5) is 0. The van der Waals surface area contributed by atoms with Gasteiger partial charge in [0.2, 0.25) is 0 Å². The molecule has 0 unspecified atom stereocenters. The molecule has 0 heterocycles. The van der Waals surface area contributed by atoms with Crippen LogP contribution in [-0.2, 0) is 9.47 Å². The fraction of sp³-hybridized carbons (Fsp3) is 0.750. The van der Waals surface area contributed by atoms with Gasteiger partial charge < -0.3 is 9.47 Å². The molecule has 0 aromatic carbocycles. The van der Waals surface area contributed by atoms with Crippen LogP contribution in [0.4, 0.5) is 0 Å². The highest BCUT2D eigenvalue weighted by Gasteiger charge is 2.13. The lowest BCUT2D eigenvalue weighted by Gasteiger charge is -2.20. The largest absolute Gasteiger partial charge is 0.377 e. The Balaban J connectivity index is 2.36. The van der Waals surface area contributed by atoms with E-state index in [1.54, 1.807) is 14.2 Å². The maximum absolute atomic E-state index is 5.14. The quantitative estimate of drug-likeness (QED) is 0.542. The summed E-state index contributed by atoms with van der Waals surface area (Å²) in [6, 6.07) is 0. The Labute approximate surface area is 61.8 Å². The molecule has 0 radical (unpaired) electrons. The Morgan fingerprint density at radius 3 is 1.60 bits per heavy atom. The number of hydrogen-bond donors (Lipinski definition) is 0. The van der Waals surface area contributed by atoms with Crippen molar-refractivity contribution in [1.82, 2.24) is 0 Å². The van der Waals surface area contributed by atoms with Gasteiger partial charge in [0, 0.05) is 14.2 Å². The zero-order valence-electron chi connectivity index (χ0n) is 6.54. The predicted octanol–water partition coefficient (Wildman–Crippen LogP) is 1.37. The fourth-order valence-electron chi connectivity index (χ4n) is 1.16. The summed E-state index contributed by atoms with van der Waals surface area (Å²) in [6.45, 7) is 0. The van der Waals surface area contributed by atoms with E-state index < -0.39 is 0 Å². The normalized spacial score (nSPS) is 32.6. The molecule has 0 aromatic rings. The van der Waals surface area contributed by atoms with Crippen LogP contribution in [0, 0.1) is 0 Å². The van der Waals surface area contributed by atoms with Gasteiger partial charge in [-0.3, -0.25) is 0 Å². The molecule has 0 saturated carbocycles. The van der Waals surface area contributed by atoms with Gasteiger partial charge in [0.05, 0.1) is 12.2 Å². The minimum absolute atomic E-state index is 0.311. The van der Waals surface area contributed by atoms with Crippen molar-refractivity contribution in [3.05, 3.63) is 12.2 Å². The zero-order valence-corrected chi connectivity index (χ0v) is 6.54. The SMILES string of the molecule is CO[C@@H]1C=C[C@H](OC)CC1. The summed E-state index contributed by atoms with van der Waals surface area (Å²) in [6.07, 6.45) is 6.91. The molecule has 0 amide bonds. The second-order valence-corrected chi connectivity index (χ2v) is 2.51. The Bertz CT molecular complexity index is 106. The van der Waals surface area contributed by atoms with Crippen LogP contribution in [0.5, 0.6) is 0 Å². The molecular formula is C8H14O2. The number of ether oxygens (including phenoxy) is 2. The first-order chi connectivity index (χ1) is 4.86. The van der Waals surface area contributed by atoms with Gasteiger partial charge in [0.25, 0.3) is 0 Å². The van der Waals surface area contributed by atoms with Crippen molar-refractivity contribution in [3.63, 3.8) is 0 Å². The van der Waals surface area contributed by atoms with Crippen molar-refractivity contribution in [2.75, 3.05) is 14.2 Å². The Morgan fingerprint density at radius 1 is 1.00 bits per heavy atom. The Morgan fingerprint density at radius 2 is 1.40 bits per heavy atom. The van der Waals surface area contributed by atoms with Crippen LogP contribution in [-0.4, -0.2) is 26.4 Å². The molecule has 1 aliphatic rings. The molecule has 2 heteroatoms. The zero-order chi connectivity index (χ0) is 7.40. The third kappa shape index (κ3) is 1.82. The van der Waals surface area contributed by atoms with E-state index in [9.17, 15) is 0 Å². The van der Waals surface area contributed by atoms with Crippen LogP contribution in [0.3, 0.4) is 0 Å². The smallest absolute Gasteiger partial charge is 0.0754 e. The summed E-state index contributed by atoms with van der Waals surface area (Å²) < 4.78 is 10.3. The summed E-state index contributed by atoms with van der Waals surface area (Å²) >= 11 is 0. The van der Waals surface area contributed by atoms with E-state index in [4.69, 9.17) is 9.47 Å². The van der Waals surface area contributed by atoms with E-state index in [0.717, 1.165) is 12.8 Å². The standard InChI is InChI=1S/C8H14O2/c1-9-7-3-5-8(10-2)6-4-7/h3,5,7-8H,4,6H2,1-2H3/t7-,8+. The van der Waals surface area contributed by atoms with Gasteiger partial charge in [-0.25, -0.2) is 0 Å². The molecule has 2 nitrogen and oxygen atoms in total. The summed E-state index contributed by atoms with van der Waals surface area (Å²) in [7, 11) is 3.48. The van der Waals surface area contributed by atoms with Crippen LogP contribution in [0.1, 0.15) is 12.8 Å². The predicted molar refractivity (Wildman–Crippen MR) is 40.0 cm³/mol. The first-order valence-electron chi connectivity index (χ1n) is 3.60. The van der Waals surface area contributed by atoms with Crippen LogP contribution < -0.4 is 0 Å². The maximum Gasteiger partial charge on any atom is 0.0754 e. The van der Waals surface area contributed by atoms with Gasteiger partial charge in [-0.1, -0.05) is 12.2 Å². The first kappa shape index (κ1) is 7.76. The summed E-state index contributed by atoms with van der Waals surface area (Å²) in [5.41, 5.74) is 0. The monoisotopic (exact) mass is 142 g/mol. The summed E-state index contributed by atoms with van der Waals surface area (Å²) in [5.74, 6) is 0. The second-order valence-electron chi connectivity index (χ2n) is 2.51. The highest BCUT2D eigenvalue weighted by molar-refractivity contribution is 4.99. The maximum atomic E-state index is 5.14. The molecule has 0 bridgehead atoms. The minimum Gasteiger partial charge on any atom is -0.377 e. The highest BCUT2D eigenvalue weighted by Crippen LogP contribution is 2.15. The van der Waals surface area contributed by atoms with Crippen molar-refractivity contribution in [2.45, 2.75) is 25.0 Å². The van der Waals surface area contributed by atoms with Crippen molar-refractivity contribution in [3.8, 4) is 0 Å². The molecule has 0 N–H and O–H groups in total. The average molecular weight is 142 g/mol. The molecule has 0 spiro atoms. The van der Waals surface area contributed by atoms with E-state index in [-0.39, 0.29) is 0 Å². The van der Waals surface area contributed by atoms with Crippen LogP contribution >= 0.6 is 0 Å². The Kier molecular flexibility index (Phi) is 2.90. The van der Waals surface area contributed by atoms with Gasteiger partial charge in [-0.2, -0.15) is 0 Å². The number of hydrogen-bond acceptors (Lipinski definition) is 2. The summed E-state index contributed by atoms with van der Waals surface area (Å²) in [5, 5.41) is 0. The third-order valence-electron chi connectivity index (χ3n) is 1.88.